The highest BCUT2D eigenvalue weighted by Gasteiger charge is 2.29. The van der Waals surface area contributed by atoms with Gasteiger partial charge >= 0.3 is 5.97 Å². The molecule has 10 heteroatoms. The Kier molecular flexibility index (Phi) is 6.69. The number of ether oxygens (including phenoxy) is 1. The molecule has 0 bridgehead atoms. The molecule has 0 radical (unpaired) electrons. The first-order valence-electron chi connectivity index (χ1n) is 9.09. The van der Waals surface area contributed by atoms with E-state index in [2.05, 4.69) is 25.6 Å². The molecule has 0 saturated carbocycles. The van der Waals surface area contributed by atoms with E-state index in [-0.39, 0.29) is 28.7 Å². The van der Waals surface area contributed by atoms with Gasteiger partial charge in [-0.15, -0.1) is 0 Å². The number of benzene rings is 1. The van der Waals surface area contributed by atoms with Crippen molar-refractivity contribution in [1.82, 2.24) is 14.1 Å². The summed E-state index contributed by atoms with van der Waals surface area (Å²) in [5, 5.41) is 0. The largest absolute Gasteiger partial charge is 0.458 e. The lowest BCUT2D eigenvalue weighted by molar-refractivity contribution is -0.148. The Labute approximate surface area is 182 Å². The third-order valence-electron chi connectivity index (χ3n) is 4.31. The number of nitrogens with zero attached hydrogens (tertiary/aromatic N) is 2. The Balaban J connectivity index is 1.74. The molecule has 3 aromatic rings. The number of pyridine rings is 1. The van der Waals surface area contributed by atoms with Gasteiger partial charge in [-0.3, -0.25) is 14.0 Å². The first kappa shape index (κ1) is 22.1. The van der Waals surface area contributed by atoms with E-state index in [1.165, 1.54) is 22.6 Å². The Hall–Kier alpha value is -2.56. The average molecular weight is 494 g/mol. The number of hydrogen-bond donors (Lipinski definition) is 1. The van der Waals surface area contributed by atoms with Gasteiger partial charge in [0.05, 0.1) is 10.6 Å². The molecule has 0 unspecified atom stereocenters. The highest BCUT2D eigenvalue weighted by molar-refractivity contribution is 9.10. The number of aromatic nitrogens is 2. The molecule has 1 atom stereocenters. The molecule has 0 amide bonds. The second-order valence-corrected chi connectivity index (χ2v) is 9.55. The van der Waals surface area contributed by atoms with E-state index in [4.69, 9.17) is 4.74 Å². The predicted molar refractivity (Wildman–Crippen MR) is 114 cm³/mol. The minimum Gasteiger partial charge on any atom is -0.458 e. The number of carbonyl (C=O) groups excluding carboxylic acids is 1. The number of carbonyl (C=O) groups is 1. The topological polar surface area (TPSA) is 107 Å². The molecule has 3 rings (SSSR count). The highest BCUT2D eigenvalue weighted by atomic mass is 79.9. The molecule has 1 N–H and O–H groups in total. The van der Waals surface area contributed by atoms with Crippen LogP contribution in [0.5, 0.6) is 0 Å². The Morgan fingerprint density at radius 3 is 2.57 bits per heavy atom. The standard InChI is InChI=1S/C20H20BrN3O5S/c1-13(2)19(23-30(27,28)16-8-6-14(21)7-9-16)20(26)29-12-15-11-18(25)24-10-4-3-5-17(24)22-15/h3-11,13,19,23H,12H2,1-2H3/t19-/m0/s1. The molecule has 30 heavy (non-hydrogen) atoms. The molecule has 0 aliphatic heterocycles. The van der Waals surface area contributed by atoms with Crippen molar-refractivity contribution in [3.05, 3.63) is 75.2 Å². The van der Waals surface area contributed by atoms with Gasteiger partial charge in [0, 0.05) is 16.7 Å². The lowest BCUT2D eigenvalue weighted by Gasteiger charge is -2.20. The van der Waals surface area contributed by atoms with E-state index < -0.39 is 22.0 Å². The lowest BCUT2D eigenvalue weighted by atomic mass is 10.1. The van der Waals surface area contributed by atoms with E-state index in [0.717, 1.165) is 4.47 Å². The number of esters is 1. The van der Waals surface area contributed by atoms with Crippen LogP contribution in [-0.2, 0) is 26.2 Å². The summed E-state index contributed by atoms with van der Waals surface area (Å²) < 4.78 is 35.1. The molecule has 158 valence electrons. The second-order valence-electron chi connectivity index (χ2n) is 6.92. The average Bonchev–Trinajstić information content (AvgIpc) is 2.70. The van der Waals surface area contributed by atoms with Crippen LogP contribution in [-0.4, -0.2) is 29.8 Å². The van der Waals surface area contributed by atoms with Crippen LogP contribution in [0.25, 0.3) is 5.65 Å². The summed E-state index contributed by atoms with van der Waals surface area (Å²) >= 11 is 3.25. The van der Waals surface area contributed by atoms with Crippen molar-refractivity contribution in [2.45, 2.75) is 31.4 Å². The minimum absolute atomic E-state index is 0.0355. The third kappa shape index (κ3) is 5.13. The van der Waals surface area contributed by atoms with Crippen LogP contribution in [0.4, 0.5) is 0 Å². The van der Waals surface area contributed by atoms with Crippen molar-refractivity contribution in [3.63, 3.8) is 0 Å². The lowest BCUT2D eigenvalue weighted by Crippen LogP contribution is -2.45. The van der Waals surface area contributed by atoms with E-state index in [0.29, 0.717) is 5.65 Å². The molecule has 0 aliphatic carbocycles. The predicted octanol–water partition coefficient (Wildman–Crippen LogP) is 2.50. The van der Waals surface area contributed by atoms with Gasteiger partial charge in [0.25, 0.3) is 5.56 Å². The van der Waals surface area contributed by atoms with E-state index in [1.54, 1.807) is 50.4 Å². The number of rotatable bonds is 7. The molecule has 0 saturated heterocycles. The first-order chi connectivity index (χ1) is 14.2. The van der Waals surface area contributed by atoms with E-state index in [9.17, 15) is 18.0 Å². The van der Waals surface area contributed by atoms with Gasteiger partial charge in [0.15, 0.2) is 0 Å². The molecule has 0 spiro atoms. The van der Waals surface area contributed by atoms with Crippen LogP contribution >= 0.6 is 15.9 Å². The molecular weight excluding hydrogens is 474 g/mol. The summed E-state index contributed by atoms with van der Waals surface area (Å²) in [6.07, 6.45) is 1.59. The number of hydrogen-bond acceptors (Lipinski definition) is 6. The summed E-state index contributed by atoms with van der Waals surface area (Å²) in [4.78, 5) is 29.1. The SMILES string of the molecule is CC(C)[C@H](NS(=O)(=O)c1ccc(Br)cc1)C(=O)OCc1cc(=O)n2ccccc2n1. The van der Waals surface area contributed by atoms with Crippen LogP contribution in [0.15, 0.2) is 68.9 Å². The molecule has 0 fully saturated rings. The Morgan fingerprint density at radius 2 is 1.90 bits per heavy atom. The molecule has 2 heterocycles. The second kappa shape index (κ2) is 9.07. The molecular formula is C20H20BrN3O5S. The third-order valence-corrected chi connectivity index (χ3v) is 6.30. The van der Waals surface area contributed by atoms with Crippen LogP contribution in [0.2, 0.25) is 0 Å². The summed E-state index contributed by atoms with van der Waals surface area (Å²) in [6.45, 7) is 3.16. The fraction of sp³-hybridized carbons (Fsp3) is 0.250. The normalized spacial score (nSPS) is 12.8. The number of sulfonamides is 1. The number of fused-ring (bicyclic) bond motifs is 1. The van der Waals surface area contributed by atoms with Crippen molar-refractivity contribution in [3.8, 4) is 0 Å². The van der Waals surface area contributed by atoms with Gasteiger partial charge in [0.1, 0.15) is 18.3 Å². The van der Waals surface area contributed by atoms with Crippen LogP contribution < -0.4 is 10.3 Å². The van der Waals surface area contributed by atoms with E-state index >= 15 is 0 Å². The fourth-order valence-corrected chi connectivity index (χ4v) is 4.31. The maximum absolute atomic E-state index is 12.6. The minimum atomic E-state index is -3.93. The fourth-order valence-electron chi connectivity index (χ4n) is 2.72. The molecule has 1 aromatic carbocycles. The van der Waals surface area contributed by atoms with Gasteiger partial charge in [0.2, 0.25) is 10.0 Å². The van der Waals surface area contributed by atoms with Gasteiger partial charge in [-0.1, -0.05) is 35.8 Å². The van der Waals surface area contributed by atoms with Crippen molar-refractivity contribution < 1.29 is 17.9 Å². The van der Waals surface area contributed by atoms with Gasteiger partial charge in [-0.2, -0.15) is 4.72 Å². The van der Waals surface area contributed by atoms with E-state index in [1.807, 2.05) is 0 Å². The summed E-state index contributed by atoms with van der Waals surface area (Å²) in [6, 6.07) is 11.3. The quantitative estimate of drug-likeness (QED) is 0.506. The van der Waals surface area contributed by atoms with Gasteiger partial charge in [-0.05, 0) is 42.3 Å². The van der Waals surface area contributed by atoms with Crippen molar-refractivity contribution in [2.75, 3.05) is 0 Å². The van der Waals surface area contributed by atoms with Gasteiger partial charge < -0.3 is 4.74 Å². The zero-order chi connectivity index (χ0) is 21.9. The molecule has 0 aliphatic rings. The van der Waals surface area contributed by atoms with Crippen molar-refractivity contribution in [1.29, 1.82) is 0 Å². The van der Waals surface area contributed by atoms with Crippen molar-refractivity contribution >= 4 is 37.6 Å². The maximum Gasteiger partial charge on any atom is 0.324 e. The maximum atomic E-state index is 12.6. The number of halogens is 1. The summed E-state index contributed by atoms with van der Waals surface area (Å²) in [5.41, 5.74) is 0.397. The number of nitrogens with one attached hydrogen (secondary N) is 1. The smallest absolute Gasteiger partial charge is 0.324 e. The van der Waals surface area contributed by atoms with Crippen LogP contribution in [0.1, 0.15) is 19.5 Å². The summed E-state index contributed by atoms with van der Waals surface area (Å²) in [7, 11) is -3.93. The summed E-state index contributed by atoms with van der Waals surface area (Å²) in [5.74, 6) is -1.11. The Bertz CT molecular complexity index is 1220. The van der Waals surface area contributed by atoms with Gasteiger partial charge in [-0.25, -0.2) is 13.4 Å². The zero-order valence-corrected chi connectivity index (χ0v) is 18.7. The zero-order valence-electron chi connectivity index (χ0n) is 16.3. The first-order valence-corrected chi connectivity index (χ1v) is 11.4. The monoisotopic (exact) mass is 493 g/mol. The Morgan fingerprint density at radius 1 is 1.20 bits per heavy atom. The molecule has 2 aromatic heterocycles. The van der Waals surface area contributed by atoms with Crippen LogP contribution in [0, 0.1) is 5.92 Å². The molecule has 8 nitrogen and oxygen atoms in total. The van der Waals surface area contributed by atoms with Crippen molar-refractivity contribution in [2.24, 2.45) is 5.92 Å². The van der Waals surface area contributed by atoms with Crippen LogP contribution in [0.3, 0.4) is 0 Å². The highest BCUT2D eigenvalue weighted by Crippen LogP contribution is 2.16.